The molecule has 0 saturated carbocycles. The fourth-order valence-electron chi connectivity index (χ4n) is 1.11. The molecule has 0 fully saturated rings. The maximum Gasteiger partial charge on any atom is 0.233 e. The van der Waals surface area contributed by atoms with Gasteiger partial charge in [0.25, 0.3) is 0 Å². The van der Waals surface area contributed by atoms with Crippen molar-refractivity contribution in [1.29, 1.82) is 0 Å². The molecule has 18 heavy (non-hydrogen) atoms. The SMILES string of the molecule is Cl.NCC(=O)NCC(O)COc1ccccc1Br. The number of aliphatic hydroxyl groups excluding tert-OH is 1. The average molecular weight is 340 g/mol. The van der Waals surface area contributed by atoms with Crippen LogP contribution in [-0.4, -0.2) is 36.8 Å². The van der Waals surface area contributed by atoms with Crippen molar-refractivity contribution >= 4 is 34.2 Å². The Hall–Kier alpha value is -0.820. The Morgan fingerprint density at radius 2 is 2.17 bits per heavy atom. The second kappa shape index (κ2) is 9.16. The van der Waals surface area contributed by atoms with Crippen molar-refractivity contribution in [1.82, 2.24) is 5.32 Å². The zero-order valence-corrected chi connectivity index (χ0v) is 12.0. The van der Waals surface area contributed by atoms with Gasteiger partial charge in [-0.2, -0.15) is 0 Å². The third-order valence-corrected chi connectivity index (χ3v) is 2.64. The van der Waals surface area contributed by atoms with Crippen molar-refractivity contribution in [3.8, 4) is 5.75 Å². The van der Waals surface area contributed by atoms with Gasteiger partial charge in [-0.1, -0.05) is 12.1 Å². The first-order valence-corrected chi connectivity index (χ1v) is 5.95. The number of halogens is 2. The van der Waals surface area contributed by atoms with Crippen LogP contribution in [-0.2, 0) is 4.79 Å². The zero-order chi connectivity index (χ0) is 12.7. The molecule has 0 spiro atoms. The van der Waals surface area contributed by atoms with Gasteiger partial charge in [-0.3, -0.25) is 4.79 Å². The molecule has 0 aliphatic carbocycles. The summed E-state index contributed by atoms with van der Waals surface area (Å²) in [6.07, 6.45) is -0.766. The lowest BCUT2D eigenvalue weighted by atomic mass is 10.3. The fraction of sp³-hybridized carbons (Fsp3) is 0.364. The molecule has 5 nitrogen and oxygen atoms in total. The van der Waals surface area contributed by atoms with Gasteiger partial charge in [0.1, 0.15) is 18.5 Å². The minimum Gasteiger partial charge on any atom is -0.490 e. The van der Waals surface area contributed by atoms with Crippen molar-refractivity contribution in [3.05, 3.63) is 28.7 Å². The van der Waals surface area contributed by atoms with E-state index >= 15 is 0 Å². The van der Waals surface area contributed by atoms with E-state index in [0.717, 1.165) is 4.47 Å². The van der Waals surface area contributed by atoms with Gasteiger partial charge >= 0.3 is 0 Å². The van der Waals surface area contributed by atoms with Crippen LogP contribution >= 0.6 is 28.3 Å². The summed E-state index contributed by atoms with van der Waals surface area (Å²) in [5.74, 6) is 0.349. The molecule has 0 radical (unpaired) electrons. The van der Waals surface area contributed by atoms with E-state index in [1.807, 2.05) is 18.2 Å². The van der Waals surface area contributed by atoms with Crippen LogP contribution in [0, 0.1) is 0 Å². The van der Waals surface area contributed by atoms with Crippen molar-refractivity contribution < 1.29 is 14.6 Å². The van der Waals surface area contributed by atoms with Crippen molar-refractivity contribution in [2.24, 2.45) is 5.73 Å². The summed E-state index contributed by atoms with van der Waals surface area (Å²) in [6.45, 7) is 0.145. The number of hydrogen-bond acceptors (Lipinski definition) is 4. The summed E-state index contributed by atoms with van der Waals surface area (Å²) >= 11 is 3.33. The molecule has 1 rings (SSSR count). The van der Waals surface area contributed by atoms with Gasteiger partial charge in [0.2, 0.25) is 5.91 Å². The number of amides is 1. The van der Waals surface area contributed by atoms with Gasteiger partial charge in [0.15, 0.2) is 0 Å². The van der Waals surface area contributed by atoms with Crippen LogP contribution < -0.4 is 15.8 Å². The van der Waals surface area contributed by atoms with E-state index in [-0.39, 0.29) is 38.0 Å². The number of para-hydroxylation sites is 1. The highest BCUT2D eigenvalue weighted by Crippen LogP contribution is 2.23. The summed E-state index contributed by atoms with van der Waals surface area (Å²) in [5.41, 5.74) is 5.11. The van der Waals surface area contributed by atoms with E-state index in [0.29, 0.717) is 5.75 Å². The number of nitrogens with one attached hydrogen (secondary N) is 1. The lowest BCUT2D eigenvalue weighted by molar-refractivity contribution is -0.120. The Bertz CT molecular complexity index is 379. The van der Waals surface area contributed by atoms with Crippen molar-refractivity contribution in [3.63, 3.8) is 0 Å². The first-order valence-electron chi connectivity index (χ1n) is 5.15. The first kappa shape index (κ1) is 17.2. The molecule has 0 aliphatic heterocycles. The van der Waals surface area contributed by atoms with Crippen LogP contribution in [0.3, 0.4) is 0 Å². The van der Waals surface area contributed by atoms with Crippen molar-refractivity contribution in [2.75, 3.05) is 19.7 Å². The maximum absolute atomic E-state index is 10.8. The minimum atomic E-state index is -0.766. The molecule has 1 aromatic carbocycles. The molecule has 0 bridgehead atoms. The number of ether oxygens (including phenoxy) is 1. The van der Waals surface area contributed by atoms with Gasteiger partial charge in [-0.25, -0.2) is 0 Å². The van der Waals surface area contributed by atoms with E-state index in [4.69, 9.17) is 10.5 Å². The molecule has 102 valence electrons. The highest BCUT2D eigenvalue weighted by molar-refractivity contribution is 9.10. The first-order chi connectivity index (χ1) is 8.13. The third kappa shape index (κ3) is 6.20. The summed E-state index contributed by atoms with van der Waals surface area (Å²) in [4.78, 5) is 10.8. The summed E-state index contributed by atoms with van der Waals surface area (Å²) in [6, 6.07) is 7.34. The fourth-order valence-corrected chi connectivity index (χ4v) is 1.51. The predicted octanol–water partition coefficient (Wildman–Crippen LogP) is 0.686. The molecule has 0 heterocycles. The number of hydrogen-bond donors (Lipinski definition) is 3. The Morgan fingerprint density at radius 1 is 1.50 bits per heavy atom. The van der Waals surface area contributed by atoms with Crippen molar-refractivity contribution in [2.45, 2.75) is 6.10 Å². The highest BCUT2D eigenvalue weighted by atomic mass is 79.9. The highest BCUT2D eigenvalue weighted by Gasteiger charge is 2.08. The Labute approximate surface area is 120 Å². The number of aliphatic hydroxyl groups is 1. The van der Waals surface area contributed by atoms with Crippen LogP contribution in [0.5, 0.6) is 5.75 Å². The predicted molar refractivity (Wildman–Crippen MR) is 75.0 cm³/mol. The lowest BCUT2D eigenvalue weighted by Gasteiger charge is -2.13. The van der Waals surface area contributed by atoms with Gasteiger partial charge < -0.3 is 20.9 Å². The topological polar surface area (TPSA) is 84.6 Å². The number of nitrogens with two attached hydrogens (primary N) is 1. The standard InChI is InChI=1S/C11H15BrN2O3.ClH/c12-9-3-1-2-4-10(9)17-7-8(15)6-14-11(16)5-13;/h1-4,8,15H,5-7,13H2,(H,14,16);1H. The van der Waals surface area contributed by atoms with E-state index in [1.165, 1.54) is 0 Å². The Kier molecular flexibility index (Phi) is 8.74. The number of benzene rings is 1. The average Bonchev–Trinajstić information content (AvgIpc) is 2.35. The van der Waals surface area contributed by atoms with Crippen LogP contribution in [0.2, 0.25) is 0 Å². The Morgan fingerprint density at radius 3 is 2.78 bits per heavy atom. The molecule has 1 aromatic rings. The van der Waals surface area contributed by atoms with Gasteiger partial charge in [-0.15, -0.1) is 12.4 Å². The minimum absolute atomic E-state index is 0. The molecule has 0 aliphatic rings. The number of carbonyl (C=O) groups is 1. The van der Waals surface area contributed by atoms with Crippen LogP contribution in [0.4, 0.5) is 0 Å². The molecule has 0 saturated heterocycles. The zero-order valence-electron chi connectivity index (χ0n) is 9.64. The summed E-state index contributed by atoms with van der Waals surface area (Å²) in [5, 5.41) is 12.0. The molecular weight excluding hydrogens is 323 g/mol. The van der Waals surface area contributed by atoms with Crippen LogP contribution in [0.15, 0.2) is 28.7 Å². The van der Waals surface area contributed by atoms with Gasteiger partial charge in [0, 0.05) is 6.54 Å². The molecule has 1 atom stereocenters. The number of rotatable bonds is 6. The van der Waals surface area contributed by atoms with Gasteiger partial charge in [0.05, 0.1) is 11.0 Å². The van der Waals surface area contributed by atoms with E-state index in [2.05, 4.69) is 21.2 Å². The monoisotopic (exact) mass is 338 g/mol. The quantitative estimate of drug-likeness (QED) is 0.712. The second-order valence-electron chi connectivity index (χ2n) is 3.40. The molecule has 7 heteroatoms. The molecule has 4 N–H and O–H groups in total. The van der Waals surface area contributed by atoms with E-state index in [1.54, 1.807) is 6.07 Å². The Balaban J connectivity index is 0.00000289. The number of carbonyl (C=O) groups excluding carboxylic acids is 1. The summed E-state index contributed by atoms with van der Waals surface area (Å²) < 4.78 is 6.20. The molecule has 1 amide bonds. The summed E-state index contributed by atoms with van der Waals surface area (Å²) in [7, 11) is 0. The van der Waals surface area contributed by atoms with Crippen LogP contribution in [0.25, 0.3) is 0 Å². The molecule has 0 aromatic heterocycles. The molecule has 1 unspecified atom stereocenters. The lowest BCUT2D eigenvalue weighted by Crippen LogP contribution is -2.38. The van der Waals surface area contributed by atoms with Crippen LogP contribution in [0.1, 0.15) is 0 Å². The maximum atomic E-state index is 10.8. The normalized spacial score (nSPS) is 11.3. The van der Waals surface area contributed by atoms with E-state index < -0.39 is 6.10 Å². The largest absolute Gasteiger partial charge is 0.490 e. The smallest absolute Gasteiger partial charge is 0.233 e. The van der Waals surface area contributed by atoms with Gasteiger partial charge in [-0.05, 0) is 28.1 Å². The van der Waals surface area contributed by atoms with E-state index in [9.17, 15) is 9.90 Å². The third-order valence-electron chi connectivity index (χ3n) is 1.99. The molecular formula is C11H16BrClN2O3. The second-order valence-corrected chi connectivity index (χ2v) is 4.26.